The fraction of sp³-hybridized carbons (Fsp3) is 0.818. The molecule has 0 spiro atoms. The Bertz CT molecular complexity index is 484. The lowest BCUT2D eigenvalue weighted by molar-refractivity contribution is -0.134. The van der Waals surface area contributed by atoms with Crippen LogP contribution in [0.15, 0.2) is 5.16 Å². The number of oxime groups is 1. The summed E-state index contributed by atoms with van der Waals surface area (Å²) in [5.41, 5.74) is 5.55. The van der Waals surface area contributed by atoms with Crippen molar-refractivity contribution in [3.63, 3.8) is 0 Å². The standard InChI is InChI=1S/C11H21N3O4S/c1-11(2,19(3,17)18)10(15)14-6-4-5-8(7-14)9(12)13-16/h8,16H,4-7H2,1-3H3,(H2,12,13). The quantitative estimate of drug-likeness (QED) is 0.323. The van der Waals surface area contributed by atoms with Gasteiger partial charge in [0.25, 0.3) is 0 Å². The fourth-order valence-electron chi connectivity index (χ4n) is 2.02. The molecule has 1 aliphatic rings. The third-order valence-corrected chi connectivity index (χ3v) is 5.71. The van der Waals surface area contributed by atoms with E-state index in [1.165, 1.54) is 18.7 Å². The molecular formula is C11H21N3O4S. The van der Waals surface area contributed by atoms with E-state index in [1.54, 1.807) is 0 Å². The molecule has 0 aromatic rings. The summed E-state index contributed by atoms with van der Waals surface area (Å²) in [7, 11) is -3.50. The molecule has 1 rings (SSSR count). The lowest BCUT2D eigenvalue weighted by atomic mass is 9.96. The molecule has 1 atom stereocenters. The number of nitrogens with zero attached hydrogens (tertiary/aromatic N) is 2. The van der Waals surface area contributed by atoms with Crippen LogP contribution in [-0.2, 0) is 14.6 Å². The summed E-state index contributed by atoms with van der Waals surface area (Å²) < 4.78 is 21.9. The molecule has 8 heteroatoms. The number of amides is 1. The van der Waals surface area contributed by atoms with Crippen LogP contribution in [0.3, 0.4) is 0 Å². The number of carbonyl (C=O) groups is 1. The SMILES string of the molecule is CC(C)(C(=O)N1CCCC(C(N)=NO)C1)S(C)(=O)=O. The van der Waals surface area contributed by atoms with Crippen LogP contribution in [0.2, 0.25) is 0 Å². The summed E-state index contributed by atoms with van der Waals surface area (Å²) >= 11 is 0. The Kier molecular flexibility index (Phi) is 4.44. The van der Waals surface area contributed by atoms with Gasteiger partial charge in [-0.15, -0.1) is 0 Å². The van der Waals surface area contributed by atoms with Gasteiger partial charge in [0.1, 0.15) is 10.6 Å². The molecule has 0 aromatic heterocycles. The number of hydrogen-bond donors (Lipinski definition) is 2. The first-order valence-electron chi connectivity index (χ1n) is 6.07. The predicted molar refractivity (Wildman–Crippen MR) is 71.6 cm³/mol. The molecule has 1 aliphatic heterocycles. The average molecular weight is 291 g/mol. The first kappa shape index (κ1) is 15.7. The highest BCUT2D eigenvalue weighted by atomic mass is 32.2. The van der Waals surface area contributed by atoms with E-state index in [0.717, 1.165) is 12.7 Å². The average Bonchev–Trinajstić information content (AvgIpc) is 2.35. The third kappa shape index (κ3) is 3.17. The number of rotatable bonds is 3. The van der Waals surface area contributed by atoms with Crippen LogP contribution < -0.4 is 5.73 Å². The van der Waals surface area contributed by atoms with Gasteiger partial charge in [-0.25, -0.2) is 8.42 Å². The summed E-state index contributed by atoms with van der Waals surface area (Å²) in [6, 6.07) is 0. The van der Waals surface area contributed by atoms with Gasteiger partial charge in [0.05, 0.1) is 0 Å². The molecule has 1 amide bonds. The van der Waals surface area contributed by atoms with E-state index in [-0.39, 0.29) is 18.3 Å². The lowest BCUT2D eigenvalue weighted by Crippen LogP contribution is -2.53. The van der Waals surface area contributed by atoms with E-state index in [4.69, 9.17) is 10.9 Å². The molecule has 1 heterocycles. The molecule has 3 N–H and O–H groups in total. The second-order valence-corrected chi connectivity index (χ2v) is 7.96. The normalized spacial score (nSPS) is 22.4. The third-order valence-electron chi connectivity index (χ3n) is 3.68. The Morgan fingerprint density at radius 2 is 2.05 bits per heavy atom. The van der Waals surface area contributed by atoms with E-state index < -0.39 is 20.5 Å². The van der Waals surface area contributed by atoms with Gasteiger partial charge in [-0.2, -0.15) is 0 Å². The van der Waals surface area contributed by atoms with E-state index >= 15 is 0 Å². The van der Waals surface area contributed by atoms with Crippen molar-refractivity contribution in [3.8, 4) is 0 Å². The molecule has 0 radical (unpaired) electrons. The minimum atomic E-state index is -3.50. The summed E-state index contributed by atoms with van der Waals surface area (Å²) in [5.74, 6) is -0.585. The van der Waals surface area contributed by atoms with Crippen molar-refractivity contribution >= 4 is 21.6 Å². The van der Waals surface area contributed by atoms with Crippen molar-refractivity contribution in [2.75, 3.05) is 19.3 Å². The monoisotopic (exact) mass is 291 g/mol. The van der Waals surface area contributed by atoms with Crippen molar-refractivity contribution < 1.29 is 18.4 Å². The Labute approximate surface area is 113 Å². The van der Waals surface area contributed by atoms with Gasteiger partial charge in [-0.05, 0) is 26.7 Å². The zero-order chi connectivity index (χ0) is 14.8. The van der Waals surface area contributed by atoms with E-state index in [9.17, 15) is 13.2 Å². The molecule has 0 aliphatic carbocycles. The molecule has 19 heavy (non-hydrogen) atoms. The van der Waals surface area contributed by atoms with Crippen molar-refractivity contribution in [1.82, 2.24) is 4.90 Å². The number of hydrogen-bond acceptors (Lipinski definition) is 5. The number of sulfone groups is 1. The molecule has 1 unspecified atom stereocenters. The summed E-state index contributed by atoms with van der Waals surface area (Å²) in [4.78, 5) is 13.8. The van der Waals surface area contributed by atoms with Crippen LogP contribution in [-0.4, -0.2) is 54.4 Å². The number of amidine groups is 1. The predicted octanol–water partition coefficient (Wildman–Crippen LogP) is -0.205. The van der Waals surface area contributed by atoms with Gasteiger partial charge in [0, 0.05) is 25.3 Å². The van der Waals surface area contributed by atoms with Crippen LogP contribution in [0.4, 0.5) is 0 Å². The lowest BCUT2D eigenvalue weighted by Gasteiger charge is -2.36. The second-order valence-electron chi connectivity index (χ2n) is 5.40. The first-order valence-corrected chi connectivity index (χ1v) is 7.96. The molecule has 0 saturated carbocycles. The zero-order valence-corrected chi connectivity index (χ0v) is 12.3. The topological polar surface area (TPSA) is 113 Å². The van der Waals surface area contributed by atoms with Crippen LogP contribution in [0.1, 0.15) is 26.7 Å². The Balaban J connectivity index is 2.90. The zero-order valence-electron chi connectivity index (χ0n) is 11.5. The fourth-order valence-corrected chi connectivity index (χ4v) is 2.47. The maximum Gasteiger partial charge on any atom is 0.243 e. The maximum atomic E-state index is 12.3. The van der Waals surface area contributed by atoms with Gasteiger partial charge in [0.2, 0.25) is 5.91 Å². The van der Waals surface area contributed by atoms with Crippen molar-refractivity contribution in [2.24, 2.45) is 16.8 Å². The number of carbonyl (C=O) groups excluding carboxylic acids is 1. The smallest absolute Gasteiger partial charge is 0.243 e. The number of nitrogens with two attached hydrogens (primary N) is 1. The first-order chi connectivity index (χ1) is 8.61. The van der Waals surface area contributed by atoms with Crippen molar-refractivity contribution in [1.29, 1.82) is 0 Å². The summed E-state index contributed by atoms with van der Waals surface area (Å²) in [6.45, 7) is 3.58. The van der Waals surface area contributed by atoms with Gasteiger partial charge >= 0.3 is 0 Å². The van der Waals surface area contributed by atoms with Crippen LogP contribution in [0.5, 0.6) is 0 Å². The van der Waals surface area contributed by atoms with Crippen LogP contribution in [0, 0.1) is 5.92 Å². The van der Waals surface area contributed by atoms with Gasteiger partial charge < -0.3 is 15.8 Å². The highest BCUT2D eigenvalue weighted by Gasteiger charge is 2.42. The second kappa shape index (κ2) is 5.36. The van der Waals surface area contributed by atoms with Gasteiger partial charge in [-0.1, -0.05) is 5.16 Å². The van der Waals surface area contributed by atoms with E-state index in [2.05, 4.69) is 5.16 Å². The Morgan fingerprint density at radius 3 is 2.53 bits per heavy atom. The molecular weight excluding hydrogens is 270 g/mol. The molecule has 1 saturated heterocycles. The van der Waals surface area contributed by atoms with E-state index in [0.29, 0.717) is 13.0 Å². The molecule has 7 nitrogen and oxygen atoms in total. The largest absolute Gasteiger partial charge is 0.409 e. The molecule has 110 valence electrons. The molecule has 0 bridgehead atoms. The van der Waals surface area contributed by atoms with Crippen molar-refractivity contribution in [3.05, 3.63) is 0 Å². The highest BCUT2D eigenvalue weighted by molar-refractivity contribution is 7.92. The number of piperidine rings is 1. The Hall–Kier alpha value is -1.31. The maximum absolute atomic E-state index is 12.3. The summed E-state index contributed by atoms with van der Waals surface area (Å²) in [6.07, 6.45) is 2.47. The van der Waals surface area contributed by atoms with E-state index in [1.807, 2.05) is 0 Å². The molecule has 1 fully saturated rings. The van der Waals surface area contributed by atoms with Gasteiger partial charge in [0.15, 0.2) is 9.84 Å². The van der Waals surface area contributed by atoms with Crippen LogP contribution in [0.25, 0.3) is 0 Å². The van der Waals surface area contributed by atoms with Crippen LogP contribution >= 0.6 is 0 Å². The minimum Gasteiger partial charge on any atom is -0.409 e. The minimum absolute atomic E-state index is 0.0784. The highest BCUT2D eigenvalue weighted by Crippen LogP contribution is 2.23. The Morgan fingerprint density at radius 1 is 1.47 bits per heavy atom. The summed E-state index contributed by atoms with van der Waals surface area (Å²) in [5, 5.41) is 11.6. The van der Waals surface area contributed by atoms with Gasteiger partial charge in [-0.3, -0.25) is 4.79 Å². The number of likely N-dealkylation sites (tertiary alicyclic amines) is 1. The van der Waals surface area contributed by atoms with Crippen molar-refractivity contribution in [2.45, 2.75) is 31.4 Å². The molecule has 0 aromatic carbocycles.